The summed E-state index contributed by atoms with van der Waals surface area (Å²) in [4.78, 5) is 2.35. The Morgan fingerprint density at radius 2 is 1.67 bits per heavy atom. The van der Waals surface area contributed by atoms with E-state index in [0.29, 0.717) is 5.92 Å². The van der Waals surface area contributed by atoms with E-state index in [0.717, 1.165) is 6.42 Å². The lowest BCUT2D eigenvalue weighted by atomic mass is 9.86. The largest absolute Gasteiger partial charge is 0.348 e. The molecule has 4 rings (SSSR count). The van der Waals surface area contributed by atoms with E-state index in [2.05, 4.69) is 79.5 Å². The van der Waals surface area contributed by atoms with E-state index in [1.807, 2.05) is 0 Å². The van der Waals surface area contributed by atoms with E-state index in [1.165, 1.54) is 33.7 Å². The zero-order chi connectivity index (χ0) is 14.4. The molecule has 0 bridgehead atoms. The fourth-order valence-electron chi connectivity index (χ4n) is 3.61. The number of fused-ring (bicyclic) bond motifs is 2. The van der Waals surface area contributed by atoms with Crippen LogP contribution in [0.4, 0.5) is 0 Å². The predicted octanol–water partition coefficient (Wildman–Crippen LogP) is 4.59. The summed E-state index contributed by atoms with van der Waals surface area (Å²) in [5, 5.41) is 0. The molecule has 0 amide bonds. The highest BCUT2D eigenvalue weighted by atomic mass is 15.1. The fourth-order valence-corrected chi connectivity index (χ4v) is 3.61. The molecule has 1 atom stereocenters. The van der Waals surface area contributed by atoms with Crippen LogP contribution in [0.5, 0.6) is 0 Å². The van der Waals surface area contributed by atoms with Crippen LogP contribution in [0, 0.1) is 0 Å². The average Bonchev–Trinajstić information content (AvgIpc) is 2.91. The molecule has 1 aliphatic carbocycles. The lowest BCUT2D eigenvalue weighted by Crippen LogP contribution is -2.21. The summed E-state index contributed by atoms with van der Waals surface area (Å²) < 4.78 is 0. The third-order valence-electron chi connectivity index (χ3n) is 4.76. The summed E-state index contributed by atoms with van der Waals surface area (Å²) in [6, 6.07) is 19.7. The smallest absolute Gasteiger partial charge is 0.0486 e. The molecule has 1 heteroatoms. The van der Waals surface area contributed by atoms with Crippen LogP contribution in [0.15, 0.2) is 71.9 Å². The zero-order valence-electron chi connectivity index (χ0n) is 12.5. The van der Waals surface area contributed by atoms with Gasteiger partial charge in [-0.1, -0.05) is 60.7 Å². The monoisotopic (exact) mass is 273 g/mol. The maximum absolute atomic E-state index is 2.40. The zero-order valence-corrected chi connectivity index (χ0v) is 12.5. The van der Waals surface area contributed by atoms with Gasteiger partial charge in [-0.05, 0) is 30.0 Å². The van der Waals surface area contributed by atoms with Gasteiger partial charge in [-0.3, -0.25) is 0 Å². The lowest BCUT2D eigenvalue weighted by Gasteiger charge is -2.32. The number of allylic oxidation sites excluding steroid dienone is 3. The highest BCUT2D eigenvalue weighted by Gasteiger charge is 2.32. The second-order valence-corrected chi connectivity index (χ2v) is 5.96. The summed E-state index contributed by atoms with van der Waals surface area (Å²) in [5.74, 6) is 0.407. The van der Waals surface area contributed by atoms with Gasteiger partial charge in [-0.2, -0.15) is 0 Å². The Labute approximate surface area is 126 Å². The molecule has 0 N–H and O–H groups in total. The lowest BCUT2D eigenvalue weighted by molar-refractivity contribution is 0.571. The molecule has 1 nitrogen and oxygen atoms in total. The SMILES string of the molecule is CC1=CC(c2ccccc2)C2=C(c3ccccc3C2)N1C. The molecule has 1 aliphatic heterocycles. The molecule has 2 aromatic rings. The van der Waals surface area contributed by atoms with Crippen molar-refractivity contribution in [2.75, 3.05) is 7.05 Å². The Morgan fingerprint density at radius 1 is 0.952 bits per heavy atom. The molecule has 104 valence electrons. The van der Waals surface area contributed by atoms with Crippen molar-refractivity contribution < 1.29 is 0 Å². The third-order valence-corrected chi connectivity index (χ3v) is 4.76. The Balaban J connectivity index is 1.88. The number of hydrogen-bond donors (Lipinski definition) is 0. The van der Waals surface area contributed by atoms with Crippen molar-refractivity contribution >= 4 is 5.70 Å². The molecule has 2 aromatic carbocycles. The minimum atomic E-state index is 0.407. The molecule has 1 heterocycles. The third kappa shape index (κ3) is 1.84. The predicted molar refractivity (Wildman–Crippen MR) is 87.8 cm³/mol. The van der Waals surface area contributed by atoms with Gasteiger partial charge in [-0.15, -0.1) is 0 Å². The van der Waals surface area contributed by atoms with Gasteiger partial charge in [0.1, 0.15) is 0 Å². The first-order chi connectivity index (χ1) is 10.3. The van der Waals surface area contributed by atoms with E-state index in [-0.39, 0.29) is 0 Å². The average molecular weight is 273 g/mol. The normalized spacial score (nSPS) is 20.2. The van der Waals surface area contributed by atoms with Crippen LogP contribution in [-0.4, -0.2) is 11.9 Å². The molecule has 0 aromatic heterocycles. The number of rotatable bonds is 1. The number of nitrogens with zero attached hydrogens (tertiary/aromatic N) is 1. The highest BCUT2D eigenvalue weighted by Crippen LogP contribution is 2.46. The molecule has 0 saturated heterocycles. The van der Waals surface area contributed by atoms with E-state index < -0.39 is 0 Å². The van der Waals surface area contributed by atoms with Gasteiger partial charge in [-0.25, -0.2) is 0 Å². The molecule has 0 saturated carbocycles. The van der Waals surface area contributed by atoms with Crippen molar-refractivity contribution in [2.24, 2.45) is 0 Å². The van der Waals surface area contributed by atoms with Crippen molar-refractivity contribution in [3.05, 3.63) is 88.6 Å². The highest BCUT2D eigenvalue weighted by molar-refractivity contribution is 5.79. The summed E-state index contributed by atoms with van der Waals surface area (Å²) in [5.41, 5.74) is 8.54. The van der Waals surface area contributed by atoms with E-state index in [4.69, 9.17) is 0 Å². The van der Waals surface area contributed by atoms with Crippen molar-refractivity contribution in [1.29, 1.82) is 0 Å². The molecule has 1 unspecified atom stereocenters. The van der Waals surface area contributed by atoms with Crippen molar-refractivity contribution in [2.45, 2.75) is 19.3 Å². The van der Waals surface area contributed by atoms with Gasteiger partial charge < -0.3 is 4.90 Å². The van der Waals surface area contributed by atoms with Crippen LogP contribution < -0.4 is 0 Å². The Hall–Kier alpha value is -2.28. The van der Waals surface area contributed by atoms with E-state index in [1.54, 1.807) is 0 Å². The minimum absolute atomic E-state index is 0.407. The summed E-state index contributed by atoms with van der Waals surface area (Å²) in [7, 11) is 2.18. The summed E-state index contributed by atoms with van der Waals surface area (Å²) >= 11 is 0. The first kappa shape index (κ1) is 12.5. The first-order valence-electron chi connectivity index (χ1n) is 7.54. The van der Waals surface area contributed by atoms with Gasteiger partial charge in [0, 0.05) is 29.9 Å². The second-order valence-electron chi connectivity index (χ2n) is 5.96. The van der Waals surface area contributed by atoms with Gasteiger partial charge in [0.15, 0.2) is 0 Å². The Kier molecular flexibility index (Phi) is 2.75. The molecular formula is C20H19N. The van der Waals surface area contributed by atoms with E-state index in [9.17, 15) is 0 Å². The van der Waals surface area contributed by atoms with Gasteiger partial charge in [0.25, 0.3) is 0 Å². The van der Waals surface area contributed by atoms with Crippen LogP contribution >= 0.6 is 0 Å². The van der Waals surface area contributed by atoms with Gasteiger partial charge in [0.2, 0.25) is 0 Å². The Bertz CT molecular complexity index is 752. The molecular weight excluding hydrogens is 254 g/mol. The maximum atomic E-state index is 2.40. The first-order valence-corrected chi connectivity index (χ1v) is 7.54. The molecule has 0 fully saturated rings. The van der Waals surface area contributed by atoms with Gasteiger partial charge in [0.05, 0.1) is 0 Å². The van der Waals surface area contributed by atoms with Crippen LogP contribution in [0.1, 0.15) is 29.5 Å². The fraction of sp³-hybridized carbons (Fsp3) is 0.200. The molecule has 2 aliphatic rings. The minimum Gasteiger partial charge on any atom is -0.348 e. The van der Waals surface area contributed by atoms with Gasteiger partial charge >= 0.3 is 0 Å². The van der Waals surface area contributed by atoms with Crippen LogP contribution in [-0.2, 0) is 6.42 Å². The van der Waals surface area contributed by atoms with Crippen molar-refractivity contribution in [1.82, 2.24) is 4.90 Å². The second kappa shape index (κ2) is 4.63. The summed E-state index contributed by atoms with van der Waals surface area (Å²) in [6.45, 7) is 2.21. The quantitative estimate of drug-likeness (QED) is 0.734. The Morgan fingerprint density at radius 3 is 2.48 bits per heavy atom. The molecule has 0 spiro atoms. The number of benzene rings is 2. The van der Waals surface area contributed by atoms with Crippen LogP contribution in [0.3, 0.4) is 0 Å². The van der Waals surface area contributed by atoms with E-state index >= 15 is 0 Å². The molecule has 0 radical (unpaired) electrons. The number of hydrogen-bond acceptors (Lipinski definition) is 1. The van der Waals surface area contributed by atoms with Crippen LogP contribution in [0.25, 0.3) is 5.70 Å². The topological polar surface area (TPSA) is 3.24 Å². The van der Waals surface area contributed by atoms with Crippen LogP contribution in [0.2, 0.25) is 0 Å². The maximum Gasteiger partial charge on any atom is 0.0486 e. The van der Waals surface area contributed by atoms with Crippen molar-refractivity contribution in [3.8, 4) is 0 Å². The molecule has 21 heavy (non-hydrogen) atoms. The summed E-state index contributed by atoms with van der Waals surface area (Å²) in [6.07, 6.45) is 3.47. The van der Waals surface area contributed by atoms with Crippen molar-refractivity contribution in [3.63, 3.8) is 0 Å². The standard InChI is InChI=1S/C20H19N/c1-14-12-18(15-8-4-3-5-9-15)19-13-16-10-6-7-11-17(16)20(19)21(14)2/h3-12,18H,13H2,1-2H3.